The zero-order valence-electron chi connectivity index (χ0n) is 10.1. The van der Waals surface area contributed by atoms with E-state index in [0.717, 1.165) is 0 Å². The molecule has 2 aromatic heterocycles. The van der Waals surface area contributed by atoms with Crippen LogP contribution in [-0.2, 0) is 0 Å². The number of anilines is 1. The van der Waals surface area contributed by atoms with Crippen LogP contribution in [0.3, 0.4) is 0 Å². The van der Waals surface area contributed by atoms with Crippen LogP contribution in [0.4, 0.5) is 17.3 Å². The van der Waals surface area contributed by atoms with Crippen LogP contribution in [-0.4, -0.2) is 30.1 Å². The third-order valence-corrected chi connectivity index (χ3v) is 2.14. The van der Waals surface area contributed by atoms with E-state index in [1.807, 2.05) is 0 Å². The molecule has 20 heavy (non-hydrogen) atoms. The highest BCUT2D eigenvalue weighted by atomic mass is 16.3. The number of hydrogen-bond donors (Lipinski definition) is 5. The number of aryl methyl sites for hydroxylation is 1. The molecule has 0 fully saturated rings. The van der Waals surface area contributed by atoms with Gasteiger partial charge in [0.25, 0.3) is 11.1 Å². The number of hydrogen-bond acceptors (Lipinski definition) is 9. The van der Waals surface area contributed by atoms with E-state index in [0.29, 0.717) is 0 Å². The van der Waals surface area contributed by atoms with Gasteiger partial charge in [-0.05, 0) is 6.92 Å². The normalized spacial score (nSPS) is 11.1. The van der Waals surface area contributed by atoms with Gasteiger partial charge < -0.3 is 20.9 Å². The Kier molecular flexibility index (Phi) is 3.16. The Hall–Kier alpha value is -3.24. The average molecular weight is 279 g/mol. The first-order valence-electron chi connectivity index (χ1n) is 5.19. The summed E-state index contributed by atoms with van der Waals surface area (Å²) in [5, 5.41) is 25.6. The molecule has 11 heteroatoms. The Morgan fingerprint density at radius 1 is 1.00 bits per heavy atom. The van der Waals surface area contributed by atoms with Gasteiger partial charge in [-0.1, -0.05) is 0 Å². The maximum Gasteiger partial charge on any atom is 0.284 e. The topological polar surface area (TPSA) is 183 Å². The van der Waals surface area contributed by atoms with Crippen molar-refractivity contribution in [1.82, 2.24) is 19.9 Å². The summed E-state index contributed by atoms with van der Waals surface area (Å²) in [5.74, 6) is -1.54. The molecule has 0 amide bonds. The molecule has 6 N–H and O–H groups in total. The molecule has 104 valence electrons. The minimum atomic E-state index is -0.852. The Bertz CT molecular complexity index is 739. The SMILES string of the molecule is Cc1nc(O)c(N=Nc2c(O)nc(N)[nH]c2=O)c(=O)[nH]1. The van der Waals surface area contributed by atoms with Crippen molar-refractivity contribution >= 4 is 17.3 Å². The third kappa shape index (κ3) is 2.45. The quantitative estimate of drug-likeness (QED) is 0.462. The van der Waals surface area contributed by atoms with E-state index in [-0.39, 0.29) is 11.8 Å². The summed E-state index contributed by atoms with van der Waals surface area (Å²) >= 11 is 0. The molecule has 0 aliphatic heterocycles. The van der Waals surface area contributed by atoms with E-state index >= 15 is 0 Å². The minimum absolute atomic E-state index is 0.182. The van der Waals surface area contributed by atoms with E-state index in [9.17, 15) is 19.8 Å². The highest BCUT2D eigenvalue weighted by Crippen LogP contribution is 2.23. The van der Waals surface area contributed by atoms with Crippen LogP contribution in [0, 0.1) is 6.92 Å². The number of azo groups is 1. The van der Waals surface area contributed by atoms with Gasteiger partial charge in [0.1, 0.15) is 5.82 Å². The summed E-state index contributed by atoms with van der Waals surface area (Å²) < 4.78 is 0. The molecule has 0 atom stereocenters. The van der Waals surface area contributed by atoms with E-state index in [1.165, 1.54) is 6.92 Å². The van der Waals surface area contributed by atoms with Crippen LogP contribution in [0.25, 0.3) is 0 Å². The van der Waals surface area contributed by atoms with Crippen LogP contribution < -0.4 is 16.9 Å². The molecule has 0 aromatic carbocycles. The number of aromatic nitrogens is 4. The molecular formula is C9H9N7O4. The molecule has 11 nitrogen and oxygen atoms in total. The number of nitrogen functional groups attached to an aromatic ring is 1. The maximum atomic E-state index is 11.5. The maximum absolute atomic E-state index is 11.5. The van der Waals surface area contributed by atoms with Crippen LogP contribution in [0.2, 0.25) is 0 Å². The highest BCUT2D eigenvalue weighted by molar-refractivity contribution is 5.48. The second-order valence-corrected chi connectivity index (χ2v) is 3.65. The lowest BCUT2D eigenvalue weighted by molar-refractivity contribution is 0.448. The zero-order valence-corrected chi connectivity index (χ0v) is 10.1. The van der Waals surface area contributed by atoms with E-state index in [4.69, 9.17) is 5.73 Å². The molecule has 0 saturated heterocycles. The fraction of sp³-hybridized carbons (Fsp3) is 0.111. The number of nitrogens with two attached hydrogens (primary N) is 1. The second kappa shape index (κ2) is 4.79. The fourth-order valence-electron chi connectivity index (χ4n) is 1.32. The van der Waals surface area contributed by atoms with Crippen molar-refractivity contribution in [2.24, 2.45) is 10.2 Å². The molecule has 0 spiro atoms. The number of aromatic hydroxyl groups is 2. The van der Waals surface area contributed by atoms with Gasteiger partial charge in [0.05, 0.1) is 0 Å². The number of nitrogens with one attached hydrogen (secondary N) is 2. The van der Waals surface area contributed by atoms with Crippen LogP contribution in [0.1, 0.15) is 5.82 Å². The number of rotatable bonds is 2. The van der Waals surface area contributed by atoms with Crippen molar-refractivity contribution in [1.29, 1.82) is 0 Å². The summed E-state index contributed by atoms with van der Waals surface area (Å²) in [5.41, 5.74) is 2.53. The van der Waals surface area contributed by atoms with Crippen LogP contribution >= 0.6 is 0 Å². The fourth-order valence-corrected chi connectivity index (χ4v) is 1.32. The van der Waals surface area contributed by atoms with Gasteiger partial charge in [-0.2, -0.15) is 9.97 Å². The van der Waals surface area contributed by atoms with Gasteiger partial charge in [-0.25, -0.2) is 0 Å². The molecule has 0 aliphatic rings. The summed E-state index contributed by atoms with van der Waals surface area (Å²) in [4.78, 5) is 34.3. The molecule has 2 heterocycles. The molecule has 2 rings (SSSR count). The predicted molar refractivity (Wildman–Crippen MR) is 66.4 cm³/mol. The molecular weight excluding hydrogens is 270 g/mol. The minimum Gasteiger partial charge on any atom is -0.492 e. The van der Waals surface area contributed by atoms with Gasteiger partial charge in [-0.15, -0.1) is 10.2 Å². The molecule has 0 bridgehead atoms. The Balaban J connectivity index is 2.51. The van der Waals surface area contributed by atoms with Crippen molar-refractivity contribution in [3.63, 3.8) is 0 Å². The first kappa shape index (κ1) is 13.2. The second-order valence-electron chi connectivity index (χ2n) is 3.65. The van der Waals surface area contributed by atoms with Crippen molar-refractivity contribution in [3.05, 3.63) is 26.5 Å². The van der Waals surface area contributed by atoms with E-state index in [2.05, 4.69) is 30.2 Å². The Morgan fingerprint density at radius 2 is 1.50 bits per heavy atom. The Morgan fingerprint density at radius 3 is 2.00 bits per heavy atom. The monoisotopic (exact) mass is 279 g/mol. The molecule has 2 aromatic rings. The van der Waals surface area contributed by atoms with Crippen LogP contribution in [0.15, 0.2) is 19.8 Å². The lowest BCUT2D eigenvalue weighted by atomic mass is 10.5. The van der Waals surface area contributed by atoms with Gasteiger partial charge in [-0.3, -0.25) is 14.6 Å². The predicted octanol–water partition coefficient (Wildman–Crippen LogP) is -0.430. The third-order valence-electron chi connectivity index (χ3n) is 2.14. The van der Waals surface area contributed by atoms with Crippen molar-refractivity contribution in [3.8, 4) is 11.8 Å². The smallest absolute Gasteiger partial charge is 0.284 e. The highest BCUT2D eigenvalue weighted by Gasteiger charge is 2.12. The van der Waals surface area contributed by atoms with Gasteiger partial charge >= 0.3 is 0 Å². The van der Waals surface area contributed by atoms with E-state index < -0.39 is 34.3 Å². The molecule has 0 radical (unpaired) electrons. The van der Waals surface area contributed by atoms with Crippen molar-refractivity contribution < 1.29 is 10.2 Å². The zero-order chi connectivity index (χ0) is 14.9. The van der Waals surface area contributed by atoms with Gasteiger partial charge in [0.15, 0.2) is 0 Å². The summed E-state index contributed by atoms with van der Waals surface area (Å²) in [6.07, 6.45) is 0. The van der Waals surface area contributed by atoms with E-state index in [1.54, 1.807) is 0 Å². The van der Waals surface area contributed by atoms with Crippen molar-refractivity contribution in [2.45, 2.75) is 6.92 Å². The summed E-state index contributed by atoms with van der Waals surface area (Å²) in [6.45, 7) is 1.46. The molecule has 0 unspecified atom stereocenters. The first-order valence-corrected chi connectivity index (χ1v) is 5.19. The van der Waals surface area contributed by atoms with Crippen molar-refractivity contribution in [2.75, 3.05) is 5.73 Å². The molecule has 0 aliphatic carbocycles. The first-order chi connectivity index (χ1) is 9.38. The number of aromatic amines is 2. The molecule has 0 saturated carbocycles. The number of nitrogens with zero attached hydrogens (tertiary/aromatic N) is 4. The lowest BCUT2D eigenvalue weighted by Gasteiger charge is -1.99. The van der Waals surface area contributed by atoms with Gasteiger partial charge in [0.2, 0.25) is 29.1 Å². The lowest BCUT2D eigenvalue weighted by Crippen LogP contribution is -2.10. The summed E-state index contributed by atoms with van der Waals surface area (Å²) in [6, 6.07) is 0. The largest absolute Gasteiger partial charge is 0.492 e. The summed E-state index contributed by atoms with van der Waals surface area (Å²) in [7, 11) is 0. The Labute approximate surface area is 109 Å². The average Bonchev–Trinajstić information content (AvgIpc) is 2.30. The standard InChI is InChI=1S/C9H9N7O4/c1-2-11-5(17)3(6(18)12-2)15-16-4-7(19)13-9(10)14-8(4)20/h1H3,(H2,11,12,17,18)(H4,10,13,14,19,20). The van der Waals surface area contributed by atoms with Crippen LogP contribution in [0.5, 0.6) is 11.8 Å². The number of H-pyrrole nitrogens is 2. The van der Waals surface area contributed by atoms with Gasteiger partial charge in [0, 0.05) is 0 Å².